The van der Waals surface area contributed by atoms with E-state index in [2.05, 4.69) is 26.8 Å². The van der Waals surface area contributed by atoms with Crippen LogP contribution in [0.15, 0.2) is 5.34 Å². The molecule has 0 fully saturated rings. The Hall–Kier alpha value is -1.57. The van der Waals surface area contributed by atoms with Crippen LogP contribution in [-0.4, -0.2) is 19.7 Å². The fourth-order valence-corrected chi connectivity index (χ4v) is 1.04. The lowest BCUT2D eigenvalue weighted by Crippen LogP contribution is -1.90. The topological polar surface area (TPSA) is 65.0 Å². The van der Waals surface area contributed by atoms with Crippen molar-refractivity contribution in [1.82, 2.24) is 0 Å². The van der Waals surface area contributed by atoms with E-state index in [4.69, 9.17) is 0 Å². The van der Waals surface area contributed by atoms with E-state index in [1.807, 2.05) is 0 Å². The first-order chi connectivity index (χ1) is 7.91. The van der Waals surface area contributed by atoms with E-state index in [1.165, 1.54) is 0 Å². The predicted octanol–water partition coefficient (Wildman–Crippen LogP) is 2.20. The van der Waals surface area contributed by atoms with Crippen molar-refractivity contribution in [3.8, 4) is 11.8 Å². The molecule has 0 unspecified atom stereocenters. The molecule has 16 heavy (non-hydrogen) atoms. The van der Waals surface area contributed by atoms with Gasteiger partial charge in [-0.05, 0) is 25.7 Å². The van der Waals surface area contributed by atoms with Crippen molar-refractivity contribution in [1.29, 1.82) is 0 Å². The highest BCUT2D eigenvalue weighted by molar-refractivity contribution is 5.36. The van der Waals surface area contributed by atoms with Gasteiger partial charge in [-0.1, -0.05) is 0 Å². The second-order valence-electron chi connectivity index (χ2n) is 3.14. The van der Waals surface area contributed by atoms with Crippen molar-refractivity contribution in [2.45, 2.75) is 38.5 Å². The molecule has 0 spiro atoms. The molecule has 0 amide bonds. The Kier molecular flexibility index (Phi) is 12.1. The summed E-state index contributed by atoms with van der Waals surface area (Å²) < 4.78 is 4.54. The number of unbranched alkanes of at least 4 members (excludes halogenated alkanes) is 4. The Morgan fingerprint density at radius 1 is 1.00 bits per heavy atom. The van der Waals surface area contributed by atoms with Gasteiger partial charge >= 0.3 is 0 Å². The first-order valence-corrected chi connectivity index (χ1v) is 5.37. The average molecular weight is 227 g/mol. The fourth-order valence-electron chi connectivity index (χ4n) is 1.04. The van der Waals surface area contributed by atoms with Crippen LogP contribution in [0, 0.1) is 16.7 Å². The maximum atomic E-state index is 9.80. The second kappa shape index (κ2) is 13.4. The maximum absolute atomic E-state index is 9.80. The number of rotatable bonds is 10. The van der Waals surface area contributed by atoms with Crippen LogP contribution in [0.3, 0.4) is 0 Å². The molecule has 0 aliphatic heterocycles. The Morgan fingerprint density at radius 2 is 1.62 bits per heavy atom. The highest BCUT2D eigenvalue weighted by Crippen LogP contribution is 1.96. The van der Waals surface area contributed by atoms with Crippen molar-refractivity contribution in [2.75, 3.05) is 13.2 Å². The predicted molar refractivity (Wildman–Crippen MR) is 59.2 cm³/mol. The molecule has 0 N–H and O–H groups in total. The van der Waals surface area contributed by atoms with Gasteiger partial charge < -0.3 is 9.57 Å². The normalized spacial score (nSPS) is 8.75. The van der Waals surface area contributed by atoms with Crippen molar-refractivity contribution in [3.63, 3.8) is 0 Å². The van der Waals surface area contributed by atoms with Gasteiger partial charge in [-0.15, -0.1) is 16.7 Å². The SMILES string of the molecule is O=COCCCCC#CCCCCON=O. The summed E-state index contributed by atoms with van der Waals surface area (Å²) in [4.78, 5) is 23.7. The third-order valence-electron chi connectivity index (χ3n) is 1.85. The molecule has 5 heteroatoms. The largest absolute Gasteiger partial charge is 0.468 e. The molecule has 0 heterocycles. The lowest BCUT2D eigenvalue weighted by molar-refractivity contribution is -0.128. The lowest BCUT2D eigenvalue weighted by atomic mass is 10.2. The molecular weight excluding hydrogens is 210 g/mol. The van der Waals surface area contributed by atoms with Crippen molar-refractivity contribution in [3.05, 3.63) is 4.91 Å². The highest BCUT2D eigenvalue weighted by atomic mass is 16.7. The number of hydrogen-bond donors (Lipinski definition) is 0. The lowest BCUT2D eigenvalue weighted by Gasteiger charge is -1.94. The van der Waals surface area contributed by atoms with E-state index < -0.39 is 0 Å². The maximum Gasteiger partial charge on any atom is 0.293 e. The minimum Gasteiger partial charge on any atom is -0.468 e. The number of ether oxygens (including phenoxy) is 1. The monoisotopic (exact) mass is 227 g/mol. The zero-order valence-electron chi connectivity index (χ0n) is 9.31. The Bertz CT molecular complexity index is 210. The van der Waals surface area contributed by atoms with Crippen LogP contribution in [0.4, 0.5) is 0 Å². The van der Waals surface area contributed by atoms with Gasteiger partial charge in [0.1, 0.15) is 6.61 Å². The van der Waals surface area contributed by atoms with Crippen LogP contribution in [-0.2, 0) is 14.4 Å². The van der Waals surface area contributed by atoms with Gasteiger partial charge in [-0.25, -0.2) is 0 Å². The molecular formula is C11H17NO4. The van der Waals surface area contributed by atoms with E-state index in [9.17, 15) is 9.70 Å². The third kappa shape index (κ3) is 12.4. The van der Waals surface area contributed by atoms with Crippen LogP contribution in [0.25, 0.3) is 0 Å². The number of hydrogen-bond acceptors (Lipinski definition) is 5. The summed E-state index contributed by atoms with van der Waals surface area (Å²) in [6.45, 7) is 1.30. The molecule has 0 saturated heterocycles. The molecule has 0 rings (SSSR count). The molecule has 0 atom stereocenters. The number of carbonyl (C=O) groups is 1. The van der Waals surface area contributed by atoms with E-state index >= 15 is 0 Å². The van der Waals surface area contributed by atoms with Crippen LogP contribution in [0.1, 0.15) is 38.5 Å². The van der Waals surface area contributed by atoms with Gasteiger partial charge in [0.25, 0.3) is 6.47 Å². The third-order valence-corrected chi connectivity index (χ3v) is 1.85. The molecule has 0 aromatic carbocycles. The van der Waals surface area contributed by atoms with E-state index in [0.29, 0.717) is 19.7 Å². The molecule has 90 valence electrons. The summed E-state index contributed by atoms with van der Waals surface area (Å²) >= 11 is 0. The fraction of sp³-hybridized carbons (Fsp3) is 0.727. The Balaban J connectivity index is 3.09. The molecule has 0 radical (unpaired) electrons. The van der Waals surface area contributed by atoms with Crippen LogP contribution < -0.4 is 0 Å². The number of nitrogens with zero attached hydrogens (tertiary/aromatic N) is 1. The van der Waals surface area contributed by atoms with Crippen molar-refractivity contribution >= 4 is 6.47 Å². The van der Waals surface area contributed by atoms with Crippen LogP contribution >= 0.6 is 0 Å². The van der Waals surface area contributed by atoms with Gasteiger partial charge in [0.15, 0.2) is 5.34 Å². The summed E-state index contributed by atoms with van der Waals surface area (Å²) in [5.74, 6) is 6.06. The Morgan fingerprint density at radius 3 is 2.19 bits per heavy atom. The van der Waals surface area contributed by atoms with Gasteiger partial charge in [-0.3, -0.25) is 4.79 Å². The second-order valence-corrected chi connectivity index (χ2v) is 3.14. The average Bonchev–Trinajstić information content (AvgIpc) is 2.31. The molecule has 0 aliphatic carbocycles. The van der Waals surface area contributed by atoms with E-state index in [-0.39, 0.29) is 0 Å². The minimum absolute atomic E-state index is 0.369. The minimum atomic E-state index is 0.369. The standard InChI is InChI=1S/C11H17NO4/c13-11-15-9-7-5-3-1-2-4-6-8-10-16-12-14/h11H,3-10H2. The van der Waals surface area contributed by atoms with Gasteiger partial charge in [0.2, 0.25) is 0 Å². The molecule has 5 nitrogen and oxygen atoms in total. The molecule has 0 aromatic heterocycles. The first-order valence-electron chi connectivity index (χ1n) is 5.37. The van der Waals surface area contributed by atoms with E-state index in [0.717, 1.165) is 38.5 Å². The Labute approximate surface area is 95.4 Å². The summed E-state index contributed by atoms with van der Waals surface area (Å²) in [6.07, 6.45) is 5.15. The highest BCUT2D eigenvalue weighted by Gasteiger charge is 1.87. The molecule has 0 aromatic rings. The number of carbonyl (C=O) groups excluding carboxylic acids is 1. The summed E-state index contributed by atoms with van der Waals surface area (Å²) in [6, 6.07) is 0. The smallest absolute Gasteiger partial charge is 0.293 e. The van der Waals surface area contributed by atoms with E-state index in [1.54, 1.807) is 0 Å². The van der Waals surface area contributed by atoms with Crippen LogP contribution in [0.5, 0.6) is 0 Å². The first kappa shape index (κ1) is 14.4. The molecule has 0 aliphatic rings. The van der Waals surface area contributed by atoms with Gasteiger partial charge in [0.05, 0.1) is 6.61 Å². The quantitative estimate of drug-likeness (QED) is 0.189. The summed E-state index contributed by atoms with van der Waals surface area (Å²) in [5, 5.41) is 2.30. The van der Waals surface area contributed by atoms with Crippen LogP contribution in [0.2, 0.25) is 0 Å². The zero-order chi connectivity index (χ0) is 11.9. The summed E-state index contributed by atoms with van der Waals surface area (Å²) in [7, 11) is 0. The van der Waals surface area contributed by atoms with Crippen molar-refractivity contribution < 1.29 is 14.4 Å². The molecule has 0 saturated carbocycles. The van der Waals surface area contributed by atoms with Gasteiger partial charge in [-0.2, -0.15) is 0 Å². The van der Waals surface area contributed by atoms with Gasteiger partial charge in [0, 0.05) is 12.8 Å². The molecule has 0 bridgehead atoms. The summed E-state index contributed by atoms with van der Waals surface area (Å²) in [5.41, 5.74) is 0. The van der Waals surface area contributed by atoms with Crippen molar-refractivity contribution in [2.24, 2.45) is 5.34 Å². The zero-order valence-corrected chi connectivity index (χ0v) is 9.31.